The summed E-state index contributed by atoms with van der Waals surface area (Å²) in [5.74, 6) is -0.0742. The molecule has 0 aromatic heterocycles. The minimum atomic E-state index is -0.323. The SMILES string of the molecule is CN1c2cc(Cl)ccc2NC(=O)C1CN. The van der Waals surface area contributed by atoms with Gasteiger partial charge in [0, 0.05) is 18.6 Å². The van der Waals surface area contributed by atoms with Gasteiger partial charge in [0.15, 0.2) is 0 Å². The van der Waals surface area contributed by atoms with Gasteiger partial charge < -0.3 is 16.0 Å². The van der Waals surface area contributed by atoms with Gasteiger partial charge in [0.2, 0.25) is 5.91 Å². The quantitative estimate of drug-likeness (QED) is 0.751. The molecule has 1 unspecified atom stereocenters. The molecule has 0 spiro atoms. The van der Waals surface area contributed by atoms with Crippen molar-refractivity contribution in [2.75, 3.05) is 23.8 Å². The number of nitrogens with zero attached hydrogens (tertiary/aromatic N) is 1. The Labute approximate surface area is 93.0 Å². The van der Waals surface area contributed by atoms with E-state index in [1.165, 1.54) is 0 Å². The summed E-state index contributed by atoms with van der Waals surface area (Å²) < 4.78 is 0. The molecular formula is C10H12ClN3O. The molecule has 3 N–H and O–H groups in total. The molecule has 1 aliphatic rings. The number of nitrogens with one attached hydrogen (secondary N) is 1. The molecule has 15 heavy (non-hydrogen) atoms. The molecule has 0 saturated heterocycles. The monoisotopic (exact) mass is 225 g/mol. The van der Waals surface area contributed by atoms with Crippen LogP contribution in [0.4, 0.5) is 11.4 Å². The van der Waals surface area contributed by atoms with Gasteiger partial charge in [0.25, 0.3) is 0 Å². The topological polar surface area (TPSA) is 58.4 Å². The maximum Gasteiger partial charge on any atom is 0.248 e. The van der Waals surface area contributed by atoms with Crippen LogP contribution in [-0.4, -0.2) is 25.5 Å². The molecule has 5 heteroatoms. The number of halogens is 1. The highest BCUT2D eigenvalue weighted by molar-refractivity contribution is 6.31. The Morgan fingerprint density at radius 1 is 1.60 bits per heavy atom. The molecule has 0 fully saturated rings. The van der Waals surface area contributed by atoms with Gasteiger partial charge in [-0.3, -0.25) is 4.79 Å². The van der Waals surface area contributed by atoms with Crippen LogP contribution in [0.2, 0.25) is 5.02 Å². The van der Waals surface area contributed by atoms with E-state index in [0.29, 0.717) is 5.02 Å². The van der Waals surface area contributed by atoms with E-state index in [-0.39, 0.29) is 18.5 Å². The molecule has 2 rings (SSSR count). The Morgan fingerprint density at radius 3 is 3.00 bits per heavy atom. The van der Waals surface area contributed by atoms with Crippen LogP contribution in [0.5, 0.6) is 0 Å². The van der Waals surface area contributed by atoms with Gasteiger partial charge in [0.1, 0.15) is 6.04 Å². The first-order chi connectivity index (χ1) is 7.13. The maximum absolute atomic E-state index is 11.6. The maximum atomic E-state index is 11.6. The normalized spacial score (nSPS) is 19.8. The van der Waals surface area contributed by atoms with Crippen molar-refractivity contribution in [3.63, 3.8) is 0 Å². The van der Waals surface area contributed by atoms with E-state index < -0.39 is 0 Å². The fourth-order valence-corrected chi connectivity index (χ4v) is 1.89. The van der Waals surface area contributed by atoms with Crippen molar-refractivity contribution in [3.8, 4) is 0 Å². The summed E-state index contributed by atoms with van der Waals surface area (Å²) in [5, 5.41) is 3.45. The molecule has 80 valence electrons. The first kappa shape index (κ1) is 10.3. The summed E-state index contributed by atoms with van der Waals surface area (Å²) in [6, 6.07) is 5.03. The molecule has 0 aliphatic carbocycles. The molecular weight excluding hydrogens is 214 g/mol. The Kier molecular flexibility index (Phi) is 2.54. The molecule has 1 aromatic rings. The van der Waals surface area contributed by atoms with Crippen molar-refractivity contribution in [1.29, 1.82) is 0 Å². The number of hydrogen-bond acceptors (Lipinski definition) is 3. The standard InChI is InChI=1S/C10H12ClN3O/c1-14-8-4-6(11)2-3-7(8)13-10(15)9(14)5-12/h2-4,9H,5,12H2,1H3,(H,13,15). The zero-order valence-corrected chi connectivity index (χ0v) is 9.08. The number of benzene rings is 1. The first-order valence-electron chi connectivity index (χ1n) is 4.67. The third-order valence-electron chi connectivity index (χ3n) is 2.59. The van der Waals surface area contributed by atoms with E-state index in [2.05, 4.69) is 5.32 Å². The van der Waals surface area contributed by atoms with E-state index in [0.717, 1.165) is 11.4 Å². The van der Waals surface area contributed by atoms with Crippen molar-refractivity contribution >= 4 is 28.9 Å². The molecule has 0 saturated carbocycles. The number of carbonyl (C=O) groups excluding carboxylic acids is 1. The van der Waals surface area contributed by atoms with Gasteiger partial charge in [-0.1, -0.05) is 11.6 Å². The highest BCUT2D eigenvalue weighted by atomic mass is 35.5. The van der Waals surface area contributed by atoms with Gasteiger partial charge in [-0.25, -0.2) is 0 Å². The largest absolute Gasteiger partial charge is 0.360 e. The number of likely N-dealkylation sites (N-methyl/N-ethyl adjacent to an activating group) is 1. The van der Waals surface area contributed by atoms with E-state index in [1.807, 2.05) is 18.0 Å². The van der Waals surface area contributed by atoms with Crippen molar-refractivity contribution in [2.24, 2.45) is 5.73 Å². The van der Waals surface area contributed by atoms with E-state index in [4.69, 9.17) is 17.3 Å². The summed E-state index contributed by atoms with van der Waals surface area (Å²) in [6.45, 7) is 0.286. The summed E-state index contributed by atoms with van der Waals surface area (Å²) >= 11 is 5.90. The smallest absolute Gasteiger partial charge is 0.248 e. The predicted octanol–water partition coefficient (Wildman–Crippen LogP) is 1.06. The second kappa shape index (κ2) is 3.72. The van der Waals surface area contributed by atoms with E-state index in [1.54, 1.807) is 12.1 Å². The summed E-state index contributed by atoms with van der Waals surface area (Å²) in [5.41, 5.74) is 7.22. The lowest BCUT2D eigenvalue weighted by Crippen LogP contribution is -2.50. The molecule has 4 nitrogen and oxygen atoms in total. The van der Waals surface area contributed by atoms with Gasteiger partial charge in [-0.15, -0.1) is 0 Å². The van der Waals surface area contributed by atoms with E-state index >= 15 is 0 Å². The van der Waals surface area contributed by atoms with Crippen LogP contribution in [0.3, 0.4) is 0 Å². The molecule has 0 radical (unpaired) electrons. The first-order valence-corrected chi connectivity index (χ1v) is 5.04. The fourth-order valence-electron chi connectivity index (χ4n) is 1.73. The number of carbonyl (C=O) groups is 1. The van der Waals surface area contributed by atoms with Crippen LogP contribution in [0.1, 0.15) is 0 Å². The zero-order chi connectivity index (χ0) is 11.0. The van der Waals surface area contributed by atoms with Crippen LogP contribution >= 0.6 is 11.6 Å². The average molecular weight is 226 g/mol. The van der Waals surface area contributed by atoms with Gasteiger partial charge in [-0.2, -0.15) is 0 Å². The lowest BCUT2D eigenvalue weighted by atomic mass is 10.1. The van der Waals surface area contributed by atoms with Crippen LogP contribution in [0.25, 0.3) is 0 Å². The number of hydrogen-bond donors (Lipinski definition) is 2. The van der Waals surface area contributed by atoms with Gasteiger partial charge in [0.05, 0.1) is 11.4 Å². The Bertz CT molecular complexity index is 408. The molecule has 0 bridgehead atoms. The average Bonchev–Trinajstić information content (AvgIpc) is 2.20. The predicted molar refractivity (Wildman–Crippen MR) is 61.3 cm³/mol. The zero-order valence-electron chi connectivity index (χ0n) is 8.33. The van der Waals surface area contributed by atoms with Crippen LogP contribution in [0, 0.1) is 0 Å². The van der Waals surface area contributed by atoms with Crippen molar-refractivity contribution in [2.45, 2.75) is 6.04 Å². The summed E-state index contributed by atoms with van der Waals surface area (Å²) in [7, 11) is 1.84. The summed E-state index contributed by atoms with van der Waals surface area (Å²) in [6.07, 6.45) is 0. The third kappa shape index (κ3) is 1.66. The van der Waals surface area contributed by atoms with Crippen molar-refractivity contribution in [1.82, 2.24) is 0 Å². The minimum Gasteiger partial charge on any atom is -0.360 e. The second-order valence-corrected chi connectivity index (χ2v) is 3.95. The second-order valence-electron chi connectivity index (χ2n) is 3.51. The highest BCUT2D eigenvalue weighted by Gasteiger charge is 2.29. The van der Waals surface area contributed by atoms with Gasteiger partial charge in [-0.05, 0) is 18.2 Å². The molecule has 1 aromatic carbocycles. The number of anilines is 2. The van der Waals surface area contributed by atoms with Crippen LogP contribution < -0.4 is 16.0 Å². The molecule has 1 aliphatic heterocycles. The minimum absolute atomic E-state index is 0.0742. The van der Waals surface area contributed by atoms with Gasteiger partial charge >= 0.3 is 0 Å². The molecule has 1 atom stereocenters. The molecule has 1 amide bonds. The Balaban J connectivity index is 2.46. The Morgan fingerprint density at radius 2 is 2.33 bits per heavy atom. The number of rotatable bonds is 1. The lowest BCUT2D eigenvalue weighted by molar-refractivity contribution is -0.117. The third-order valence-corrected chi connectivity index (χ3v) is 2.83. The van der Waals surface area contributed by atoms with Crippen molar-refractivity contribution < 1.29 is 4.79 Å². The van der Waals surface area contributed by atoms with Crippen LogP contribution in [-0.2, 0) is 4.79 Å². The number of nitrogens with two attached hydrogens (primary N) is 1. The number of fused-ring (bicyclic) bond motifs is 1. The Hall–Kier alpha value is -1.26. The molecule has 1 heterocycles. The van der Waals surface area contributed by atoms with E-state index in [9.17, 15) is 4.79 Å². The summed E-state index contributed by atoms with van der Waals surface area (Å²) in [4.78, 5) is 13.5. The lowest BCUT2D eigenvalue weighted by Gasteiger charge is -2.34. The van der Waals surface area contributed by atoms with Crippen molar-refractivity contribution in [3.05, 3.63) is 23.2 Å². The number of amides is 1. The van der Waals surface area contributed by atoms with Crippen LogP contribution in [0.15, 0.2) is 18.2 Å². The fraction of sp³-hybridized carbons (Fsp3) is 0.300. The highest BCUT2D eigenvalue weighted by Crippen LogP contribution is 2.32.